The minimum Gasteiger partial charge on any atom is -0.388 e. The van der Waals surface area contributed by atoms with Crippen molar-refractivity contribution in [2.24, 2.45) is 5.92 Å². The van der Waals surface area contributed by atoms with Crippen molar-refractivity contribution in [2.75, 3.05) is 6.54 Å². The van der Waals surface area contributed by atoms with Gasteiger partial charge >= 0.3 is 0 Å². The van der Waals surface area contributed by atoms with E-state index in [1.165, 1.54) is 11.1 Å². The zero-order chi connectivity index (χ0) is 15.0. The number of rotatable bonds is 5. The van der Waals surface area contributed by atoms with Crippen LogP contribution in [0.25, 0.3) is 0 Å². The lowest BCUT2D eigenvalue weighted by Crippen LogP contribution is -2.48. The van der Waals surface area contributed by atoms with E-state index in [1.54, 1.807) is 0 Å². The quantitative estimate of drug-likeness (QED) is 0.875. The van der Waals surface area contributed by atoms with Crippen molar-refractivity contribution in [1.82, 2.24) is 5.32 Å². The van der Waals surface area contributed by atoms with Crippen LogP contribution in [-0.2, 0) is 4.79 Å². The Kier molecular flexibility index (Phi) is 3.78. The van der Waals surface area contributed by atoms with Gasteiger partial charge in [-0.25, -0.2) is 0 Å². The molecular formula is C18H25NO2. The molecule has 2 unspecified atom stereocenters. The maximum absolute atomic E-state index is 12.1. The highest BCUT2D eigenvalue weighted by Gasteiger charge is 2.44. The molecule has 0 heterocycles. The van der Waals surface area contributed by atoms with E-state index in [0.29, 0.717) is 18.4 Å². The molecule has 1 aromatic carbocycles. The van der Waals surface area contributed by atoms with E-state index in [2.05, 4.69) is 43.4 Å². The minimum atomic E-state index is -0.626. The van der Waals surface area contributed by atoms with E-state index >= 15 is 0 Å². The highest BCUT2D eigenvalue weighted by Crippen LogP contribution is 2.47. The predicted molar refractivity (Wildman–Crippen MR) is 83.2 cm³/mol. The average Bonchev–Trinajstić information content (AvgIpc) is 3.23. The smallest absolute Gasteiger partial charge is 0.223 e. The Balaban J connectivity index is 1.52. The monoisotopic (exact) mass is 287 g/mol. The van der Waals surface area contributed by atoms with E-state index in [0.717, 1.165) is 25.7 Å². The molecule has 2 saturated carbocycles. The molecule has 0 aliphatic heterocycles. The van der Waals surface area contributed by atoms with Crippen molar-refractivity contribution < 1.29 is 9.90 Å². The molecule has 0 radical (unpaired) electrons. The second-order valence-electron chi connectivity index (χ2n) is 7.07. The first-order chi connectivity index (χ1) is 9.98. The molecule has 0 bridgehead atoms. The van der Waals surface area contributed by atoms with Crippen LogP contribution < -0.4 is 5.32 Å². The van der Waals surface area contributed by atoms with E-state index in [9.17, 15) is 9.90 Å². The molecule has 2 aliphatic rings. The molecule has 2 N–H and O–H groups in total. The van der Waals surface area contributed by atoms with Crippen LogP contribution >= 0.6 is 0 Å². The Bertz CT molecular complexity index is 517. The van der Waals surface area contributed by atoms with Gasteiger partial charge in [0.1, 0.15) is 0 Å². The van der Waals surface area contributed by atoms with Crippen LogP contribution in [0, 0.1) is 5.92 Å². The first kappa shape index (κ1) is 14.6. The molecule has 0 aromatic heterocycles. The maximum Gasteiger partial charge on any atom is 0.223 e. The molecule has 3 nitrogen and oxygen atoms in total. The summed E-state index contributed by atoms with van der Waals surface area (Å²) in [6.07, 6.45) is 3.64. The minimum absolute atomic E-state index is 0.0959. The molecule has 3 heteroatoms. The molecule has 2 aliphatic carbocycles. The van der Waals surface area contributed by atoms with Gasteiger partial charge in [0, 0.05) is 12.5 Å². The van der Waals surface area contributed by atoms with Gasteiger partial charge in [-0.15, -0.1) is 0 Å². The zero-order valence-corrected chi connectivity index (χ0v) is 12.9. The molecule has 2 atom stereocenters. The van der Waals surface area contributed by atoms with Crippen LogP contribution in [0.3, 0.4) is 0 Å². The Hall–Kier alpha value is -1.35. The zero-order valence-electron chi connectivity index (χ0n) is 12.9. The van der Waals surface area contributed by atoms with Gasteiger partial charge in [-0.05, 0) is 48.6 Å². The van der Waals surface area contributed by atoms with Crippen molar-refractivity contribution in [2.45, 2.75) is 57.0 Å². The molecular weight excluding hydrogens is 262 g/mol. The third-order valence-corrected chi connectivity index (χ3v) is 5.03. The molecule has 21 heavy (non-hydrogen) atoms. The molecule has 2 fully saturated rings. The third kappa shape index (κ3) is 3.13. The molecule has 0 saturated heterocycles. The summed E-state index contributed by atoms with van der Waals surface area (Å²) in [6, 6.07) is 8.66. The van der Waals surface area contributed by atoms with Crippen LogP contribution in [0.4, 0.5) is 0 Å². The van der Waals surface area contributed by atoms with Crippen molar-refractivity contribution in [1.29, 1.82) is 0 Å². The summed E-state index contributed by atoms with van der Waals surface area (Å²) in [6.45, 7) is 4.79. The van der Waals surface area contributed by atoms with Crippen molar-refractivity contribution in [3.63, 3.8) is 0 Å². The largest absolute Gasteiger partial charge is 0.388 e. The molecule has 114 valence electrons. The Morgan fingerprint density at radius 3 is 2.52 bits per heavy atom. The normalized spacial score (nSPS) is 26.3. The fourth-order valence-corrected chi connectivity index (χ4v) is 3.13. The summed E-state index contributed by atoms with van der Waals surface area (Å²) in [5.74, 6) is 1.11. The Morgan fingerprint density at radius 2 is 2.00 bits per heavy atom. The average molecular weight is 287 g/mol. The van der Waals surface area contributed by atoms with Gasteiger partial charge in [0.2, 0.25) is 5.91 Å². The second-order valence-corrected chi connectivity index (χ2v) is 7.07. The van der Waals surface area contributed by atoms with Gasteiger partial charge in [-0.2, -0.15) is 0 Å². The standard InChI is InChI=1S/C18H25NO2/c1-12(2)13-4-6-14(7-5-13)15-10-16(15)17(20)19-11-18(21)8-3-9-18/h4-7,12,15-16,21H,3,8-11H2,1-2H3,(H,19,20). The summed E-state index contributed by atoms with van der Waals surface area (Å²) in [5.41, 5.74) is 1.98. The predicted octanol–water partition coefficient (Wildman–Crippen LogP) is 2.94. The number of hydrogen-bond donors (Lipinski definition) is 2. The second kappa shape index (κ2) is 5.45. The highest BCUT2D eigenvalue weighted by atomic mass is 16.3. The third-order valence-electron chi connectivity index (χ3n) is 5.03. The first-order valence-electron chi connectivity index (χ1n) is 8.08. The van der Waals surface area contributed by atoms with E-state index in [1.807, 2.05) is 0 Å². The van der Waals surface area contributed by atoms with E-state index in [-0.39, 0.29) is 11.8 Å². The Morgan fingerprint density at radius 1 is 1.33 bits per heavy atom. The van der Waals surface area contributed by atoms with Crippen LogP contribution in [0.5, 0.6) is 0 Å². The summed E-state index contributed by atoms with van der Waals surface area (Å²) in [4.78, 5) is 12.1. The lowest BCUT2D eigenvalue weighted by molar-refractivity contribution is -0.124. The number of aliphatic hydroxyl groups is 1. The summed E-state index contributed by atoms with van der Waals surface area (Å²) < 4.78 is 0. The molecule has 1 aromatic rings. The Labute approximate surface area is 126 Å². The number of carbonyl (C=O) groups excluding carboxylic acids is 1. The van der Waals surface area contributed by atoms with Crippen LogP contribution in [0.2, 0.25) is 0 Å². The lowest BCUT2D eigenvalue weighted by Gasteiger charge is -2.36. The number of amides is 1. The number of nitrogens with one attached hydrogen (secondary N) is 1. The topological polar surface area (TPSA) is 49.3 Å². The lowest BCUT2D eigenvalue weighted by atomic mass is 9.80. The van der Waals surface area contributed by atoms with Gasteiger partial charge < -0.3 is 10.4 Å². The van der Waals surface area contributed by atoms with Crippen molar-refractivity contribution in [3.05, 3.63) is 35.4 Å². The fraction of sp³-hybridized carbons (Fsp3) is 0.611. The summed E-state index contributed by atoms with van der Waals surface area (Å²) in [5, 5.41) is 12.9. The highest BCUT2D eigenvalue weighted by molar-refractivity contribution is 5.83. The van der Waals surface area contributed by atoms with Gasteiger partial charge in [0.15, 0.2) is 0 Å². The van der Waals surface area contributed by atoms with Crippen LogP contribution in [0.1, 0.15) is 62.5 Å². The SMILES string of the molecule is CC(C)c1ccc(C2CC2C(=O)NCC2(O)CCC2)cc1. The first-order valence-corrected chi connectivity index (χ1v) is 8.08. The number of hydrogen-bond acceptors (Lipinski definition) is 2. The van der Waals surface area contributed by atoms with E-state index in [4.69, 9.17) is 0 Å². The van der Waals surface area contributed by atoms with Gasteiger partial charge in [-0.1, -0.05) is 38.1 Å². The summed E-state index contributed by atoms with van der Waals surface area (Å²) >= 11 is 0. The van der Waals surface area contributed by atoms with Gasteiger partial charge in [-0.3, -0.25) is 4.79 Å². The number of benzene rings is 1. The van der Waals surface area contributed by atoms with Gasteiger partial charge in [0.05, 0.1) is 5.60 Å². The van der Waals surface area contributed by atoms with Crippen LogP contribution in [0.15, 0.2) is 24.3 Å². The van der Waals surface area contributed by atoms with Crippen LogP contribution in [-0.4, -0.2) is 23.2 Å². The van der Waals surface area contributed by atoms with Crippen molar-refractivity contribution in [3.8, 4) is 0 Å². The molecule has 0 spiro atoms. The maximum atomic E-state index is 12.1. The van der Waals surface area contributed by atoms with E-state index < -0.39 is 5.60 Å². The number of carbonyl (C=O) groups is 1. The molecule has 1 amide bonds. The van der Waals surface area contributed by atoms with Gasteiger partial charge in [0.25, 0.3) is 0 Å². The fourth-order valence-electron chi connectivity index (χ4n) is 3.13. The summed E-state index contributed by atoms with van der Waals surface area (Å²) in [7, 11) is 0. The molecule has 3 rings (SSSR count). The van der Waals surface area contributed by atoms with Crippen molar-refractivity contribution >= 4 is 5.91 Å².